The van der Waals surface area contributed by atoms with Crippen LogP contribution < -0.4 is 0 Å². The summed E-state index contributed by atoms with van der Waals surface area (Å²) < 4.78 is 24.5. The van der Waals surface area contributed by atoms with Gasteiger partial charge in [0, 0.05) is 40.1 Å². The molecule has 2 aromatic carbocycles. The van der Waals surface area contributed by atoms with Crippen LogP contribution >= 0.6 is 11.3 Å². The second-order valence-electron chi connectivity index (χ2n) is 10.6. The van der Waals surface area contributed by atoms with Crippen LogP contribution in [-0.2, 0) is 26.5 Å². The third kappa shape index (κ3) is 6.30. The number of aryl methyl sites for hydroxylation is 1. The SMILES string of the molecule is [2H]C([2H])(c1csc2ccc(-c3[c-]ccc4c3oc3nc(C)ccc34)nc12)C(C)(C)C.[Ir].[c-]1ccccc1-c1ccccn1. The molecule has 6 heteroatoms. The molecule has 0 aliphatic heterocycles. The number of hydrogen-bond acceptors (Lipinski definition) is 5. The summed E-state index contributed by atoms with van der Waals surface area (Å²) in [6.45, 7) is 7.69. The Hall–Kier alpha value is -3.70. The molecular formula is C35H29IrN3OS-2. The minimum absolute atomic E-state index is 0. The number of rotatable bonds is 3. The van der Waals surface area contributed by atoms with E-state index >= 15 is 0 Å². The van der Waals surface area contributed by atoms with E-state index in [-0.39, 0.29) is 20.1 Å². The standard InChI is InChI=1S/C24H21N2OS.C11H8N.Ir/c1-14-8-9-17-16-6-5-7-18(22(16)27-23(17)25-14)19-10-11-20-21(26-19)15(13-28-20)12-24(2,3)4;1-2-6-10(7-3-1)11-8-4-5-9-12-11;/h5-6,8-11,13H,12H2,1-4H3;1-6,8-9H;/q2*-1;/i12D2;;. The fourth-order valence-corrected chi connectivity index (χ4v) is 5.35. The van der Waals surface area contributed by atoms with Crippen molar-refractivity contribution in [3.63, 3.8) is 0 Å². The van der Waals surface area contributed by atoms with Crippen molar-refractivity contribution in [1.29, 1.82) is 0 Å². The van der Waals surface area contributed by atoms with Gasteiger partial charge in [-0.1, -0.05) is 49.9 Å². The normalized spacial score (nSPS) is 12.4. The second-order valence-corrected chi connectivity index (χ2v) is 11.5. The zero-order chi connectivity index (χ0) is 29.5. The summed E-state index contributed by atoms with van der Waals surface area (Å²) in [7, 11) is 0. The molecule has 0 spiro atoms. The number of thiophene rings is 1. The van der Waals surface area contributed by atoms with E-state index in [1.54, 1.807) is 6.20 Å². The maximum absolute atomic E-state index is 8.72. The van der Waals surface area contributed by atoms with Crippen molar-refractivity contribution in [2.75, 3.05) is 0 Å². The number of furan rings is 1. The van der Waals surface area contributed by atoms with Crippen molar-refractivity contribution < 1.29 is 27.3 Å². The maximum atomic E-state index is 8.72. The fraction of sp³-hybridized carbons (Fsp3) is 0.171. The molecule has 41 heavy (non-hydrogen) atoms. The Morgan fingerprint density at radius 1 is 0.878 bits per heavy atom. The van der Waals surface area contributed by atoms with Crippen LogP contribution in [0.1, 0.15) is 34.8 Å². The van der Waals surface area contributed by atoms with Gasteiger partial charge in [0.05, 0.1) is 15.8 Å². The Balaban J connectivity index is 0.000000238. The Morgan fingerprint density at radius 2 is 1.73 bits per heavy atom. The minimum Gasteiger partial charge on any atom is -0.486 e. The van der Waals surface area contributed by atoms with Crippen LogP contribution in [0.3, 0.4) is 0 Å². The molecule has 0 N–H and O–H groups in total. The number of hydrogen-bond donors (Lipinski definition) is 0. The van der Waals surface area contributed by atoms with Crippen molar-refractivity contribution in [2.24, 2.45) is 5.41 Å². The van der Waals surface area contributed by atoms with Gasteiger partial charge < -0.3 is 9.40 Å². The molecule has 5 aromatic heterocycles. The predicted molar refractivity (Wildman–Crippen MR) is 165 cm³/mol. The summed E-state index contributed by atoms with van der Waals surface area (Å²) >= 11 is 1.52. The smallest absolute Gasteiger partial charge is 0.216 e. The van der Waals surface area contributed by atoms with Crippen molar-refractivity contribution in [1.82, 2.24) is 15.0 Å². The number of fused-ring (bicyclic) bond motifs is 4. The van der Waals surface area contributed by atoms with E-state index in [9.17, 15) is 0 Å². The molecular weight excluding hydrogens is 703 g/mol. The first kappa shape index (κ1) is 26.2. The topological polar surface area (TPSA) is 51.8 Å². The number of pyridine rings is 3. The van der Waals surface area contributed by atoms with Gasteiger partial charge in [-0.2, -0.15) is 0 Å². The number of benzene rings is 2. The van der Waals surface area contributed by atoms with Crippen LogP contribution in [0.5, 0.6) is 0 Å². The Labute approximate surface area is 260 Å². The van der Waals surface area contributed by atoms with Gasteiger partial charge in [-0.3, -0.25) is 4.98 Å². The number of nitrogens with zero attached hydrogens (tertiary/aromatic N) is 3. The van der Waals surface area contributed by atoms with Gasteiger partial charge in [0.2, 0.25) is 5.71 Å². The van der Waals surface area contributed by atoms with Gasteiger partial charge in [0.25, 0.3) is 0 Å². The molecule has 7 aromatic rings. The van der Waals surface area contributed by atoms with E-state index in [0.717, 1.165) is 38.0 Å². The average Bonchev–Trinajstić information content (AvgIpc) is 3.59. The van der Waals surface area contributed by atoms with Gasteiger partial charge >= 0.3 is 0 Å². The van der Waals surface area contributed by atoms with Gasteiger partial charge in [0.15, 0.2) is 0 Å². The van der Waals surface area contributed by atoms with Gasteiger partial charge in [-0.15, -0.1) is 65.4 Å². The van der Waals surface area contributed by atoms with Crippen molar-refractivity contribution in [3.8, 4) is 22.5 Å². The fourth-order valence-electron chi connectivity index (χ4n) is 4.52. The Bertz CT molecular complexity index is 1980. The van der Waals surface area contributed by atoms with Crippen molar-refractivity contribution in [3.05, 3.63) is 114 Å². The van der Waals surface area contributed by atoms with Gasteiger partial charge in [0.1, 0.15) is 0 Å². The summed E-state index contributed by atoms with van der Waals surface area (Å²) in [5, 5.41) is 3.83. The molecule has 207 valence electrons. The molecule has 1 radical (unpaired) electrons. The third-order valence-electron chi connectivity index (χ3n) is 6.27. The molecule has 0 saturated carbocycles. The first-order valence-electron chi connectivity index (χ1n) is 14.1. The van der Waals surface area contributed by atoms with E-state index in [0.29, 0.717) is 28.1 Å². The molecule has 0 unspecified atom stereocenters. The zero-order valence-corrected chi connectivity index (χ0v) is 26.4. The van der Waals surface area contributed by atoms with Crippen LogP contribution in [0.15, 0.2) is 94.9 Å². The summed E-state index contributed by atoms with van der Waals surface area (Å²) in [6, 6.07) is 31.9. The first-order chi connectivity index (χ1) is 20.1. The Kier molecular flexibility index (Phi) is 7.70. The van der Waals surface area contributed by atoms with Crippen LogP contribution in [-0.4, -0.2) is 15.0 Å². The maximum Gasteiger partial charge on any atom is 0.216 e. The van der Waals surface area contributed by atoms with Crippen molar-refractivity contribution >= 4 is 43.6 Å². The van der Waals surface area contributed by atoms with Crippen LogP contribution in [0.4, 0.5) is 0 Å². The summed E-state index contributed by atoms with van der Waals surface area (Å²) in [5.41, 5.74) is 6.48. The van der Waals surface area contributed by atoms with E-state index in [1.165, 1.54) is 11.3 Å². The minimum atomic E-state index is -1.51. The molecule has 4 nitrogen and oxygen atoms in total. The largest absolute Gasteiger partial charge is 0.486 e. The monoisotopic (exact) mass is 734 g/mol. The molecule has 7 rings (SSSR count). The molecule has 0 aliphatic rings. The molecule has 0 fully saturated rings. The van der Waals surface area contributed by atoms with Crippen LogP contribution in [0.2, 0.25) is 0 Å². The molecule has 0 bridgehead atoms. The molecule has 0 saturated heterocycles. The zero-order valence-electron chi connectivity index (χ0n) is 25.2. The quantitative estimate of drug-likeness (QED) is 0.170. The molecule has 0 aliphatic carbocycles. The van der Waals surface area contributed by atoms with Gasteiger partial charge in [-0.25, -0.2) is 4.98 Å². The van der Waals surface area contributed by atoms with Gasteiger partial charge in [-0.05, 0) is 65.3 Å². The first-order valence-corrected chi connectivity index (χ1v) is 14.0. The average molecular weight is 734 g/mol. The summed E-state index contributed by atoms with van der Waals surface area (Å²) in [4.78, 5) is 13.6. The van der Waals surface area contributed by atoms with Crippen LogP contribution in [0.25, 0.3) is 54.8 Å². The number of aromatic nitrogens is 3. The van der Waals surface area contributed by atoms with Crippen molar-refractivity contribution in [2.45, 2.75) is 34.1 Å². The third-order valence-corrected chi connectivity index (χ3v) is 7.21. The summed E-state index contributed by atoms with van der Waals surface area (Å²) in [5.74, 6) is 0. The molecule has 5 heterocycles. The molecule has 0 amide bonds. The Morgan fingerprint density at radius 3 is 2.49 bits per heavy atom. The van der Waals surface area contributed by atoms with Crippen LogP contribution in [0, 0.1) is 24.5 Å². The predicted octanol–water partition coefficient (Wildman–Crippen LogP) is 9.50. The van der Waals surface area contributed by atoms with E-state index in [1.807, 2.05) is 112 Å². The van der Waals surface area contributed by atoms with E-state index < -0.39 is 11.8 Å². The van der Waals surface area contributed by atoms with E-state index in [4.69, 9.17) is 12.1 Å². The summed E-state index contributed by atoms with van der Waals surface area (Å²) in [6.07, 6.45) is 0.281. The molecule has 0 atom stereocenters. The second kappa shape index (κ2) is 12.0. The van der Waals surface area contributed by atoms with E-state index in [2.05, 4.69) is 22.1 Å².